The largest absolute Gasteiger partial charge is 0.496 e. The van der Waals surface area contributed by atoms with Crippen LogP contribution in [0, 0.1) is 18.3 Å². The highest BCUT2D eigenvalue weighted by Gasteiger charge is 2.11. The quantitative estimate of drug-likeness (QED) is 0.676. The highest BCUT2D eigenvalue weighted by atomic mass is 35.5. The van der Waals surface area contributed by atoms with Crippen molar-refractivity contribution >= 4 is 29.3 Å². The van der Waals surface area contributed by atoms with E-state index >= 15 is 0 Å². The van der Waals surface area contributed by atoms with Crippen LogP contribution in [0.15, 0.2) is 48.0 Å². The van der Waals surface area contributed by atoms with Crippen molar-refractivity contribution in [1.29, 1.82) is 5.26 Å². The molecule has 0 saturated carbocycles. The van der Waals surface area contributed by atoms with Gasteiger partial charge in [0.05, 0.1) is 7.11 Å². The van der Waals surface area contributed by atoms with Crippen LogP contribution < -0.4 is 10.1 Å². The van der Waals surface area contributed by atoms with Gasteiger partial charge >= 0.3 is 0 Å². The molecule has 0 aromatic heterocycles. The smallest absolute Gasteiger partial charge is 0.266 e. The molecule has 0 unspecified atom stereocenters. The highest BCUT2D eigenvalue weighted by Crippen LogP contribution is 2.22. The van der Waals surface area contributed by atoms with Gasteiger partial charge in [-0.1, -0.05) is 35.9 Å². The molecule has 5 heteroatoms. The van der Waals surface area contributed by atoms with E-state index in [-0.39, 0.29) is 5.57 Å². The minimum atomic E-state index is -0.502. The van der Waals surface area contributed by atoms with E-state index in [1.54, 1.807) is 36.4 Å². The lowest BCUT2D eigenvalue weighted by Crippen LogP contribution is -2.13. The average molecular weight is 327 g/mol. The molecule has 2 aromatic rings. The van der Waals surface area contributed by atoms with Crippen LogP contribution in [0.25, 0.3) is 6.08 Å². The van der Waals surface area contributed by atoms with Crippen LogP contribution in [0.4, 0.5) is 5.69 Å². The predicted octanol–water partition coefficient (Wildman–Crippen LogP) is 4.20. The van der Waals surface area contributed by atoms with Crippen molar-refractivity contribution in [2.45, 2.75) is 6.92 Å². The number of amides is 1. The standard InChI is InChI=1S/C18H15ClN2O2/c1-12-7-8-15(10-16(12)19)21-18(22)14(11-20)9-13-5-3-4-6-17(13)23-2/h3-10H,1-2H3,(H,21,22)/b14-9+. The Labute approximate surface area is 140 Å². The second-order valence-corrected chi connectivity index (χ2v) is 5.24. The third-order valence-corrected chi connectivity index (χ3v) is 3.64. The third kappa shape index (κ3) is 4.12. The van der Waals surface area contributed by atoms with Crippen LogP contribution in [0.2, 0.25) is 5.02 Å². The van der Waals surface area contributed by atoms with E-state index in [4.69, 9.17) is 16.3 Å². The molecule has 23 heavy (non-hydrogen) atoms. The lowest BCUT2D eigenvalue weighted by atomic mass is 10.1. The maximum absolute atomic E-state index is 12.3. The zero-order chi connectivity index (χ0) is 16.8. The summed E-state index contributed by atoms with van der Waals surface area (Å²) in [6, 6.07) is 14.2. The van der Waals surface area contributed by atoms with Crippen molar-refractivity contribution in [3.05, 3.63) is 64.2 Å². The summed E-state index contributed by atoms with van der Waals surface area (Å²) in [7, 11) is 1.53. The number of nitrogens with zero attached hydrogens (tertiary/aromatic N) is 1. The molecule has 2 rings (SSSR count). The first-order chi connectivity index (χ1) is 11.0. The summed E-state index contributed by atoms with van der Waals surface area (Å²) in [6.07, 6.45) is 1.49. The van der Waals surface area contributed by atoms with Crippen molar-refractivity contribution in [1.82, 2.24) is 0 Å². The van der Waals surface area contributed by atoms with Gasteiger partial charge in [-0.25, -0.2) is 0 Å². The van der Waals surface area contributed by atoms with Gasteiger partial charge in [-0.05, 0) is 36.8 Å². The molecule has 0 saturated heterocycles. The van der Waals surface area contributed by atoms with Crippen molar-refractivity contribution in [2.24, 2.45) is 0 Å². The molecule has 4 nitrogen and oxygen atoms in total. The average Bonchev–Trinajstić information content (AvgIpc) is 2.56. The van der Waals surface area contributed by atoms with Crippen molar-refractivity contribution in [3.8, 4) is 11.8 Å². The number of carbonyl (C=O) groups is 1. The molecule has 0 radical (unpaired) electrons. The van der Waals surface area contributed by atoms with Gasteiger partial charge in [-0.15, -0.1) is 0 Å². The van der Waals surface area contributed by atoms with Gasteiger partial charge in [-0.2, -0.15) is 5.26 Å². The van der Waals surface area contributed by atoms with Crippen LogP contribution in [0.1, 0.15) is 11.1 Å². The minimum absolute atomic E-state index is 0.0220. The molecule has 0 spiro atoms. The minimum Gasteiger partial charge on any atom is -0.496 e. The van der Waals surface area contributed by atoms with Gasteiger partial charge < -0.3 is 10.1 Å². The van der Waals surface area contributed by atoms with Crippen LogP contribution in [-0.4, -0.2) is 13.0 Å². The van der Waals surface area contributed by atoms with Crippen molar-refractivity contribution in [2.75, 3.05) is 12.4 Å². The number of hydrogen-bond acceptors (Lipinski definition) is 3. The Morgan fingerprint density at radius 1 is 1.30 bits per heavy atom. The first-order valence-electron chi connectivity index (χ1n) is 6.87. The fourth-order valence-electron chi connectivity index (χ4n) is 1.96. The Morgan fingerprint density at radius 3 is 2.70 bits per heavy atom. The van der Waals surface area contributed by atoms with Gasteiger partial charge in [0.1, 0.15) is 17.4 Å². The number of nitrogens with one attached hydrogen (secondary N) is 1. The molecule has 0 bridgehead atoms. The zero-order valence-corrected chi connectivity index (χ0v) is 13.5. The maximum Gasteiger partial charge on any atom is 0.266 e. The van der Waals surface area contributed by atoms with Crippen LogP contribution in [0.5, 0.6) is 5.75 Å². The van der Waals surface area contributed by atoms with E-state index < -0.39 is 5.91 Å². The molecule has 1 N–H and O–H groups in total. The Kier molecular flexibility index (Phi) is 5.40. The highest BCUT2D eigenvalue weighted by molar-refractivity contribution is 6.31. The van der Waals surface area contributed by atoms with Gasteiger partial charge in [0, 0.05) is 16.3 Å². The molecule has 1 amide bonds. The second kappa shape index (κ2) is 7.48. The Hall–Kier alpha value is -2.77. The van der Waals surface area contributed by atoms with Crippen LogP contribution in [0.3, 0.4) is 0 Å². The third-order valence-electron chi connectivity index (χ3n) is 3.23. The first kappa shape index (κ1) is 16.6. The van der Waals surface area contributed by atoms with E-state index in [2.05, 4.69) is 5.32 Å². The summed E-state index contributed by atoms with van der Waals surface area (Å²) < 4.78 is 5.21. The molecule has 0 heterocycles. The van der Waals surface area contributed by atoms with E-state index in [1.807, 2.05) is 19.1 Å². The first-order valence-corrected chi connectivity index (χ1v) is 7.25. The van der Waals surface area contributed by atoms with Crippen LogP contribution >= 0.6 is 11.6 Å². The number of halogens is 1. The normalized spacial score (nSPS) is 10.8. The molecule has 0 atom stereocenters. The Morgan fingerprint density at radius 2 is 2.04 bits per heavy atom. The number of aryl methyl sites for hydroxylation is 1. The molecular weight excluding hydrogens is 312 g/mol. The van der Waals surface area contributed by atoms with E-state index in [0.29, 0.717) is 22.0 Å². The van der Waals surface area contributed by atoms with Crippen molar-refractivity contribution < 1.29 is 9.53 Å². The summed E-state index contributed by atoms with van der Waals surface area (Å²) in [5.41, 5.74) is 2.08. The summed E-state index contributed by atoms with van der Waals surface area (Å²) >= 11 is 6.03. The Balaban J connectivity index is 2.26. The fourth-order valence-corrected chi connectivity index (χ4v) is 2.14. The number of ether oxygens (including phenoxy) is 1. The molecule has 0 aliphatic heterocycles. The fraction of sp³-hybridized carbons (Fsp3) is 0.111. The topological polar surface area (TPSA) is 62.1 Å². The molecule has 0 aliphatic carbocycles. The van der Waals surface area contributed by atoms with E-state index in [1.165, 1.54) is 13.2 Å². The van der Waals surface area contributed by atoms with Crippen molar-refractivity contribution in [3.63, 3.8) is 0 Å². The Bertz CT molecular complexity index is 807. The molecule has 116 valence electrons. The van der Waals surface area contributed by atoms with Gasteiger partial charge in [0.15, 0.2) is 0 Å². The summed E-state index contributed by atoms with van der Waals surface area (Å²) in [6.45, 7) is 1.87. The second-order valence-electron chi connectivity index (χ2n) is 4.83. The SMILES string of the molecule is COc1ccccc1/C=C(\C#N)C(=O)Nc1ccc(C)c(Cl)c1. The van der Waals surface area contributed by atoms with Gasteiger partial charge in [-0.3, -0.25) is 4.79 Å². The predicted molar refractivity (Wildman–Crippen MR) is 91.4 cm³/mol. The lowest BCUT2D eigenvalue weighted by Gasteiger charge is -2.07. The lowest BCUT2D eigenvalue weighted by molar-refractivity contribution is -0.112. The summed E-state index contributed by atoms with van der Waals surface area (Å²) in [5.74, 6) is 0.0877. The van der Waals surface area contributed by atoms with Gasteiger partial charge in [0.25, 0.3) is 5.91 Å². The molecular formula is C18H15ClN2O2. The molecule has 0 fully saturated rings. The number of hydrogen-bond donors (Lipinski definition) is 1. The number of rotatable bonds is 4. The maximum atomic E-state index is 12.3. The molecule has 0 aliphatic rings. The number of methoxy groups -OCH3 is 1. The van der Waals surface area contributed by atoms with Crippen LogP contribution in [-0.2, 0) is 4.79 Å². The summed E-state index contributed by atoms with van der Waals surface area (Å²) in [5, 5.41) is 12.5. The van der Waals surface area contributed by atoms with E-state index in [0.717, 1.165) is 5.56 Å². The number of para-hydroxylation sites is 1. The number of carbonyl (C=O) groups excluding carboxylic acids is 1. The number of nitriles is 1. The number of anilines is 1. The van der Waals surface area contributed by atoms with Gasteiger partial charge in [0.2, 0.25) is 0 Å². The van der Waals surface area contributed by atoms with E-state index in [9.17, 15) is 10.1 Å². The monoisotopic (exact) mass is 326 g/mol. The summed E-state index contributed by atoms with van der Waals surface area (Å²) in [4.78, 5) is 12.3. The number of benzene rings is 2. The zero-order valence-electron chi connectivity index (χ0n) is 12.8. The molecule has 2 aromatic carbocycles.